The van der Waals surface area contributed by atoms with Crippen molar-refractivity contribution in [2.24, 2.45) is 5.92 Å². The van der Waals surface area contributed by atoms with Gasteiger partial charge in [-0.3, -0.25) is 9.59 Å². The summed E-state index contributed by atoms with van der Waals surface area (Å²) in [6.45, 7) is 5.91. The maximum atomic E-state index is 12.1. The van der Waals surface area contributed by atoms with Crippen LogP contribution in [-0.4, -0.2) is 28.1 Å². The first kappa shape index (κ1) is 18.2. The van der Waals surface area contributed by atoms with Crippen molar-refractivity contribution in [3.63, 3.8) is 0 Å². The molecule has 1 aromatic carbocycles. The summed E-state index contributed by atoms with van der Waals surface area (Å²) in [6, 6.07) is 9.39. The highest BCUT2D eigenvalue weighted by Gasteiger charge is 2.27. The lowest BCUT2D eigenvalue weighted by atomic mass is 9.88. The van der Waals surface area contributed by atoms with Crippen LogP contribution in [0.15, 0.2) is 35.1 Å². The van der Waals surface area contributed by atoms with Gasteiger partial charge in [0.15, 0.2) is 0 Å². The van der Waals surface area contributed by atoms with Gasteiger partial charge < -0.3 is 15.4 Å². The molecule has 0 aliphatic rings. The van der Waals surface area contributed by atoms with E-state index in [1.807, 2.05) is 44.2 Å². The van der Waals surface area contributed by atoms with Gasteiger partial charge >= 0.3 is 0 Å². The van der Waals surface area contributed by atoms with E-state index in [-0.39, 0.29) is 30.3 Å². The second-order valence-electron chi connectivity index (χ2n) is 6.65. The minimum atomic E-state index is -0.926. The van der Waals surface area contributed by atoms with Crippen LogP contribution in [0.1, 0.15) is 39.2 Å². The summed E-state index contributed by atoms with van der Waals surface area (Å²) in [4.78, 5) is 26.9. The molecule has 1 heterocycles. The number of aromatic nitrogens is 1. The quantitative estimate of drug-likeness (QED) is 0.729. The number of nitrogens with one attached hydrogen (secondary N) is 2. The minimum Gasteiger partial charge on any atom is -0.388 e. The van der Waals surface area contributed by atoms with Crippen molar-refractivity contribution in [2.45, 2.75) is 45.6 Å². The average molecular weight is 330 g/mol. The van der Waals surface area contributed by atoms with E-state index >= 15 is 0 Å². The van der Waals surface area contributed by atoms with Crippen molar-refractivity contribution in [1.29, 1.82) is 0 Å². The number of amides is 1. The van der Waals surface area contributed by atoms with Crippen LogP contribution in [-0.2, 0) is 11.2 Å². The van der Waals surface area contributed by atoms with E-state index in [2.05, 4.69) is 10.3 Å². The molecule has 0 bridgehead atoms. The lowest BCUT2D eigenvalue weighted by molar-refractivity contribution is -0.122. The van der Waals surface area contributed by atoms with Gasteiger partial charge in [0.1, 0.15) is 0 Å². The van der Waals surface area contributed by atoms with Crippen LogP contribution in [0.4, 0.5) is 0 Å². The molecule has 2 aromatic rings. The first-order valence-corrected chi connectivity index (χ1v) is 8.43. The molecule has 2 atom stereocenters. The van der Waals surface area contributed by atoms with E-state index < -0.39 is 5.60 Å². The number of carbonyl (C=O) groups excluding carboxylic acids is 1. The monoisotopic (exact) mass is 330 g/mol. The van der Waals surface area contributed by atoms with Crippen LogP contribution in [0.2, 0.25) is 0 Å². The van der Waals surface area contributed by atoms with Gasteiger partial charge in [0.2, 0.25) is 5.91 Å². The topological polar surface area (TPSA) is 82.2 Å². The lowest BCUT2D eigenvalue weighted by Gasteiger charge is -2.29. The first-order chi connectivity index (χ1) is 11.3. The zero-order valence-corrected chi connectivity index (χ0v) is 14.6. The molecule has 1 amide bonds. The summed E-state index contributed by atoms with van der Waals surface area (Å²) in [5, 5.41) is 14.0. The molecular formula is C19H26N2O3. The highest BCUT2D eigenvalue weighted by molar-refractivity contribution is 5.79. The molecule has 5 heteroatoms. The van der Waals surface area contributed by atoms with Gasteiger partial charge in [0.05, 0.1) is 5.60 Å². The smallest absolute Gasteiger partial charge is 0.251 e. The third-order valence-electron chi connectivity index (χ3n) is 4.77. The molecule has 0 saturated heterocycles. The van der Waals surface area contributed by atoms with E-state index in [9.17, 15) is 14.7 Å². The molecule has 130 valence electrons. The first-order valence-electron chi connectivity index (χ1n) is 8.43. The second kappa shape index (κ2) is 7.62. The molecule has 0 aliphatic carbocycles. The summed E-state index contributed by atoms with van der Waals surface area (Å²) >= 11 is 0. The SMILES string of the molecule is CCC(C)C(C)(O)CNC(=O)CCc1cc2ccccc2[nH]c1=O. The summed E-state index contributed by atoms with van der Waals surface area (Å²) in [7, 11) is 0. The molecule has 1 aromatic heterocycles. The predicted octanol–water partition coefficient (Wildman–Crippen LogP) is 2.37. The number of rotatable bonds is 7. The molecule has 0 aliphatic heterocycles. The fourth-order valence-corrected chi connectivity index (χ4v) is 2.61. The van der Waals surface area contributed by atoms with Crippen LogP contribution in [0.5, 0.6) is 0 Å². The Kier molecular flexibility index (Phi) is 5.78. The Bertz CT molecular complexity index is 765. The summed E-state index contributed by atoms with van der Waals surface area (Å²) < 4.78 is 0. The van der Waals surface area contributed by atoms with Gasteiger partial charge in [-0.2, -0.15) is 0 Å². The van der Waals surface area contributed by atoms with Crippen molar-refractivity contribution < 1.29 is 9.90 Å². The number of hydrogen-bond acceptors (Lipinski definition) is 3. The third kappa shape index (κ3) is 4.45. The van der Waals surface area contributed by atoms with Gasteiger partial charge in [-0.1, -0.05) is 38.5 Å². The third-order valence-corrected chi connectivity index (χ3v) is 4.77. The van der Waals surface area contributed by atoms with Gasteiger partial charge in [-0.05, 0) is 36.8 Å². The highest BCUT2D eigenvalue weighted by atomic mass is 16.3. The summed E-state index contributed by atoms with van der Waals surface area (Å²) in [5.74, 6) is -0.0627. The predicted molar refractivity (Wildman–Crippen MR) is 96.0 cm³/mol. The van der Waals surface area contributed by atoms with Crippen LogP contribution in [0.25, 0.3) is 10.9 Å². The Hall–Kier alpha value is -2.14. The van der Waals surface area contributed by atoms with Gasteiger partial charge in [-0.25, -0.2) is 0 Å². The molecule has 24 heavy (non-hydrogen) atoms. The van der Waals surface area contributed by atoms with Gasteiger partial charge in [-0.15, -0.1) is 0 Å². The lowest BCUT2D eigenvalue weighted by Crippen LogP contribution is -2.45. The zero-order chi connectivity index (χ0) is 17.7. The largest absolute Gasteiger partial charge is 0.388 e. The Morgan fingerprint density at radius 2 is 2.08 bits per heavy atom. The van der Waals surface area contributed by atoms with Crippen molar-refractivity contribution in [3.05, 3.63) is 46.2 Å². The van der Waals surface area contributed by atoms with E-state index in [0.717, 1.165) is 17.3 Å². The highest BCUT2D eigenvalue weighted by Crippen LogP contribution is 2.18. The number of aromatic amines is 1. The molecule has 0 spiro atoms. The maximum absolute atomic E-state index is 12.1. The maximum Gasteiger partial charge on any atom is 0.251 e. The molecule has 2 unspecified atom stereocenters. The van der Waals surface area contributed by atoms with Gasteiger partial charge in [0, 0.05) is 24.0 Å². The molecule has 0 radical (unpaired) electrons. The standard InChI is InChI=1S/C19H26N2O3/c1-4-13(2)19(3,24)12-20-17(22)10-9-15-11-14-7-5-6-8-16(14)21-18(15)23/h5-8,11,13,24H,4,9-10,12H2,1-3H3,(H,20,22)(H,21,23). The minimum absolute atomic E-state index is 0.0983. The fourth-order valence-electron chi connectivity index (χ4n) is 2.61. The number of para-hydroxylation sites is 1. The van der Waals surface area contributed by atoms with Gasteiger partial charge in [0.25, 0.3) is 5.56 Å². The van der Waals surface area contributed by atoms with Crippen LogP contribution in [0, 0.1) is 5.92 Å². The summed E-state index contributed by atoms with van der Waals surface area (Å²) in [5.41, 5.74) is 0.302. The number of pyridine rings is 1. The Labute approximate surface area is 142 Å². The molecule has 3 N–H and O–H groups in total. The van der Waals surface area contributed by atoms with E-state index in [1.165, 1.54) is 0 Å². The second-order valence-corrected chi connectivity index (χ2v) is 6.65. The number of H-pyrrole nitrogens is 1. The van der Waals surface area contributed by atoms with Crippen LogP contribution < -0.4 is 10.9 Å². The number of hydrogen-bond donors (Lipinski definition) is 3. The average Bonchev–Trinajstić information content (AvgIpc) is 2.57. The molecule has 0 fully saturated rings. The summed E-state index contributed by atoms with van der Waals surface area (Å²) in [6.07, 6.45) is 1.44. The number of fused-ring (bicyclic) bond motifs is 1. The zero-order valence-electron chi connectivity index (χ0n) is 14.6. The number of aliphatic hydroxyl groups is 1. The van der Waals surface area contributed by atoms with E-state index in [1.54, 1.807) is 6.92 Å². The number of benzene rings is 1. The van der Waals surface area contributed by atoms with Crippen molar-refractivity contribution in [1.82, 2.24) is 10.3 Å². The molecule has 0 saturated carbocycles. The normalized spacial score (nSPS) is 15.0. The van der Waals surface area contributed by atoms with E-state index in [4.69, 9.17) is 0 Å². The van der Waals surface area contributed by atoms with Crippen LogP contribution in [0.3, 0.4) is 0 Å². The van der Waals surface area contributed by atoms with E-state index in [0.29, 0.717) is 12.0 Å². The molecular weight excluding hydrogens is 304 g/mol. The molecule has 5 nitrogen and oxygen atoms in total. The molecule has 2 rings (SSSR count). The fraction of sp³-hybridized carbons (Fsp3) is 0.474. The Morgan fingerprint density at radius 3 is 2.79 bits per heavy atom. The van der Waals surface area contributed by atoms with Crippen molar-refractivity contribution in [2.75, 3.05) is 6.54 Å². The van der Waals surface area contributed by atoms with Crippen molar-refractivity contribution >= 4 is 16.8 Å². The Balaban J connectivity index is 1.95. The Morgan fingerprint density at radius 1 is 1.38 bits per heavy atom. The number of aryl methyl sites for hydroxylation is 1. The number of carbonyl (C=O) groups is 1. The van der Waals surface area contributed by atoms with Crippen molar-refractivity contribution in [3.8, 4) is 0 Å². The van der Waals surface area contributed by atoms with Crippen LogP contribution >= 0.6 is 0 Å².